The highest BCUT2D eigenvalue weighted by Gasteiger charge is 2.52. The van der Waals surface area contributed by atoms with E-state index in [1.54, 1.807) is 7.11 Å². The molecule has 0 aliphatic carbocycles. The van der Waals surface area contributed by atoms with Crippen LogP contribution in [0.1, 0.15) is 0 Å². The van der Waals surface area contributed by atoms with Crippen LogP contribution < -0.4 is 0 Å². The first-order valence-electron chi connectivity index (χ1n) is 2.71. The Balaban J connectivity index is 1.97. The molecule has 0 saturated carbocycles. The second-order valence-electron chi connectivity index (χ2n) is 2.08. The molecule has 0 aromatic rings. The van der Waals surface area contributed by atoms with Gasteiger partial charge >= 0.3 is 0 Å². The van der Waals surface area contributed by atoms with Crippen molar-refractivity contribution >= 4 is 0 Å². The van der Waals surface area contributed by atoms with E-state index in [1.807, 2.05) is 0 Å². The number of hydrogen-bond donors (Lipinski definition) is 0. The van der Waals surface area contributed by atoms with Crippen molar-refractivity contribution in [3.8, 4) is 0 Å². The molecule has 0 bridgehead atoms. The summed E-state index contributed by atoms with van der Waals surface area (Å²) in [6.45, 7) is 0.711. The minimum atomic E-state index is -0.0833. The van der Waals surface area contributed by atoms with Gasteiger partial charge in [0.1, 0.15) is 12.2 Å². The molecule has 0 amide bonds. The van der Waals surface area contributed by atoms with E-state index in [0.717, 1.165) is 0 Å². The fourth-order valence-electron chi connectivity index (χ4n) is 1.02. The largest absolute Gasteiger partial charge is 0.362 e. The summed E-state index contributed by atoms with van der Waals surface area (Å²) in [5.41, 5.74) is 0. The highest BCUT2D eigenvalue weighted by Crippen LogP contribution is 2.33. The Kier molecular flexibility index (Phi) is 0.848. The van der Waals surface area contributed by atoms with Crippen molar-refractivity contribution in [2.75, 3.05) is 13.7 Å². The second kappa shape index (κ2) is 1.43. The number of methoxy groups -OCH3 is 1. The summed E-state index contributed by atoms with van der Waals surface area (Å²) in [5.74, 6) is 0. The zero-order chi connectivity index (χ0) is 5.56. The van der Waals surface area contributed by atoms with Gasteiger partial charge in [0.15, 0.2) is 6.29 Å². The van der Waals surface area contributed by atoms with Gasteiger partial charge in [0.2, 0.25) is 0 Å². The first-order chi connectivity index (χ1) is 3.92. The Hall–Kier alpha value is -0.120. The van der Waals surface area contributed by atoms with E-state index in [9.17, 15) is 0 Å². The molecule has 2 saturated heterocycles. The number of epoxide rings is 1. The SMILES string of the molecule is CO[C@H]1OC[C@@H]2O[C@H]12. The van der Waals surface area contributed by atoms with Crippen molar-refractivity contribution in [3.63, 3.8) is 0 Å². The Morgan fingerprint density at radius 2 is 2.50 bits per heavy atom. The van der Waals surface area contributed by atoms with Gasteiger partial charge in [-0.3, -0.25) is 0 Å². The molecule has 2 rings (SSSR count). The van der Waals surface area contributed by atoms with Gasteiger partial charge in [-0.1, -0.05) is 0 Å². The Labute approximate surface area is 47.5 Å². The first-order valence-corrected chi connectivity index (χ1v) is 2.71. The van der Waals surface area contributed by atoms with Gasteiger partial charge in [0.25, 0.3) is 0 Å². The molecule has 0 aromatic heterocycles. The van der Waals surface area contributed by atoms with Crippen molar-refractivity contribution in [2.24, 2.45) is 0 Å². The van der Waals surface area contributed by atoms with Crippen molar-refractivity contribution in [1.82, 2.24) is 0 Å². The summed E-state index contributed by atoms with van der Waals surface area (Å²) >= 11 is 0. The Morgan fingerprint density at radius 3 is 2.75 bits per heavy atom. The molecule has 2 fully saturated rings. The normalized spacial score (nSPS) is 51.4. The Bertz CT molecular complexity index is 104. The van der Waals surface area contributed by atoms with Crippen LogP contribution in [0, 0.1) is 0 Å². The molecule has 0 unspecified atom stereocenters. The molecule has 0 radical (unpaired) electrons. The standard InChI is InChI=1S/C5H8O3/c1-6-5-4-3(8-4)2-7-5/h3-5H,2H2,1H3/t3-,4-,5-/m0/s1. The van der Waals surface area contributed by atoms with Crippen LogP contribution in [0.4, 0.5) is 0 Å². The average Bonchev–Trinajstić information content (AvgIpc) is 2.46. The fraction of sp³-hybridized carbons (Fsp3) is 1.00. The molecule has 2 heterocycles. The van der Waals surface area contributed by atoms with Gasteiger partial charge < -0.3 is 14.2 Å². The number of fused-ring (bicyclic) bond motifs is 1. The van der Waals surface area contributed by atoms with E-state index in [-0.39, 0.29) is 12.4 Å². The van der Waals surface area contributed by atoms with Crippen molar-refractivity contribution in [2.45, 2.75) is 18.5 Å². The molecular formula is C5H8O3. The van der Waals surface area contributed by atoms with Crippen molar-refractivity contribution in [3.05, 3.63) is 0 Å². The molecular weight excluding hydrogens is 108 g/mol. The second-order valence-corrected chi connectivity index (χ2v) is 2.08. The molecule has 46 valence electrons. The third-order valence-corrected chi connectivity index (χ3v) is 1.55. The molecule has 2 aliphatic rings. The zero-order valence-corrected chi connectivity index (χ0v) is 4.66. The summed E-state index contributed by atoms with van der Waals surface area (Å²) in [7, 11) is 1.63. The Morgan fingerprint density at radius 1 is 1.62 bits per heavy atom. The van der Waals surface area contributed by atoms with E-state index in [0.29, 0.717) is 12.7 Å². The minimum Gasteiger partial charge on any atom is -0.362 e. The van der Waals surface area contributed by atoms with Crippen LogP contribution in [0.2, 0.25) is 0 Å². The fourth-order valence-corrected chi connectivity index (χ4v) is 1.02. The lowest BCUT2D eigenvalue weighted by Crippen LogP contribution is -2.15. The molecule has 2 aliphatic heterocycles. The van der Waals surface area contributed by atoms with E-state index in [1.165, 1.54) is 0 Å². The molecule has 3 heteroatoms. The van der Waals surface area contributed by atoms with Crippen LogP contribution in [0.3, 0.4) is 0 Å². The maximum Gasteiger partial charge on any atom is 0.186 e. The molecule has 3 nitrogen and oxygen atoms in total. The summed E-state index contributed by atoms with van der Waals surface area (Å²) < 4.78 is 15.1. The first kappa shape index (κ1) is 4.73. The number of ether oxygens (including phenoxy) is 3. The summed E-state index contributed by atoms with van der Waals surface area (Å²) in [6, 6.07) is 0. The van der Waals surface area contributed by atoms with Gasteiger partial charge in [-0.2, -0.15) is 0 Å². The lowest BCUT2D eigenvalue weighted by Gasteiger charge is -2.06. The predicted octanol–water partition coefficient (Wildman–Crippen LogP) is -0.244. The van der Waals surface area contributed by atoms with Crippen molar-refractivity contribution < 1.29 is 14.2 Å². The third kappa shape index (κ3) is 0.491. The van der Waals surface area contributed by atoms with E-state index >= 15 is 0 Å². The summed E-state index contributed by atoms with van der Waals surface area (Å²) in [4.78, 5) is 0. The van der Waals surface area contributed by atoms with Gasteiger partial charge in [-0.25, -0.2) is 0 Å². The van der Waals surface area contributed by atoms with E-state index in [2.05, 4.69) is 0 Å². The maximum atomic E-state index is 5.12. The van der Waals surface area contributed by atoms with Crippen LogP contribution in [-0.2, 0) is 14.2 Å². The molecule has 8 heavy (non-hydrogen) atoms. The smallest absolute Gasteiger partial charge is 0.186 e. The van der Waals surface area contributed by atoms with E-state index < -0.39 is 0 Å². The molecule has 0 N–H and O–H groups in total. The van der Waals surface area contributed by atoms with Crippen molar-refractivity contribution in [1.29, 1.82) is 0 Å². The minimum absolute atomic E-state index is 0.0833. The zero-order valence-electron chi connectivity index (χ0n) is 4.66. The molecule has 0 aromatic carbocycles. The molecule has 3 atom stereocenters. The van der Waals surface area contributed by atoms with Crippen LogP contribution in [-0.4, -0.2) is 32.2 Å². The predicted molar refractivity (Wildman–Crippen MR) is 25.4 cm³/mol. The van der Waals surface area contributed by atoms with E-state index in [4.69, 9.17) is 14.2 Å². The highest BCUT2D eigenvalue weighted by molar-refractivity contribution is 4.92. The van der Waals surface area contributed by atoms with Crippen LogP contribution in [0.15, 0.2) is 0 Å². The lowest BCUT2D eigenvalue weighted by atomic mass is 10.4. The van der Waals surface area contributed by atoms with Crippen LogP contribution in [0.5, 0.6) is 0 Å². The van der Waals surface area contributed by atoms with Crippen LogP contribution in [0.25, 0.3) is 0 Å². The topological polar surface area (TPSA) is 31.0 Å². The van der Waals surface area contributed by atoms with Gasteiger partial charge in [-0.05, 0) is 0 Å². The quantitative estimate of drug-likeness (QED) is 0.443. The van der Waals surface area contributed by atoms with Crippen LogP contribution >= 0.6 is 0 Å². The molecule has 0 spiro atoms. The van der Waals surface area contributed by atoms with Gasteiger partial charge in [0.05, 0.1) is 6.61 Å². The van der Waals surface area contributed by atoms with Gasteiger partial charge in [-0.15, -0.1) is 0 Å². The van der Waals surface area contributed by atoms with Gasteiger partial charge in [0, 0.05) is 7.11 Å². The maximum absolute atomic E-state index is 5.12. The number of hydrogen-bond acceptors (Lipinski definition) is 3. The average molecular weight is 116 g/mol. The summed E-state index contributed by atoms with van der Waals surface area (Å²) in [6.07, 6.45) is 0.514. The third-order valence-electron chi connectivity index (χ3n) is 1.55. The highest BCUT2D eigenvalue weighted by atomic mass is 16.8. The summed E-state index contributed by atoms with van der Waals surface area (Å²) in [5, 5.41) is 0. The number of rotatable bonds is 1. The monoisotopic (exact) mass is 116 g/mol. The lowest BCUT2D eigenvalue weighted by molar-refractivity contribution is -0.129.